The van der Waals surface area contributed by atoms with E-state index in [1.54, 1.807) is 12.8 Å². The molecule has 0 fully saturated rings. The molecule has 7 heteroatoms. The summed E-state index contributed by atoms with van der Waals surface area (Å²) >= 11 is 0. The van der Waals surface area contributed by atoms with E-state index in [9.17, 15) is 9.59 Å². The number of aldehydes is 1. The van der Waals surface area contributed by atoms with Crippen molar-refractivity contribution in [1.82, 2.24) is 0 Å². The zero-order valence-electron chi connectivity index (χ0n) is 11.5. The summed E-state index contributed by atoms with van der Waals surface area (Å²) in [4.78, 5) is 20.0. The van der Waals surface area contributed by atoms with E-state index in [0.29, 0.717) is 6.29 Å². The van der Waals surface area contributed by atoms with Gasteiger partial charge < -0.3 is 14.3 Å². The van der Waals surface area contributed by atoms with Gasteiger partial charge in [-0.1, -0.05) is 26.2 Å². The molecule has 3 radical (unpaired) electrons. The number of rotatable bonds is 10. The Labute approximate surface area is 136 Å². The summed E-state index contributed by atoms with van der Waals surface area (Å²) in [5.41, 5.74) is 0. The summed E-state index contributed by atoms with van der Waals surface area (Å²) in [5, 5.41) is 0. The SMILES string of the molecule is CCCCC[C@H]([CH][CH][CH]C=O)O[C-]=O.[C-]#[O+].[C-]#[O+].[C-]#[O+].[Fe]. The van der Waals surface area contributed by atoms with Gasteiger partial charge in [-0.3, -0.25) is 0 Å². The van der Waals surface area contributed by atoms with Crippen molar-refractivity contribution in [3.05, 3.63) is 39.2 Å². The van der Waals surface area contributed by atoms with Crippen LogP contribution in [0.15, 0.2) is 0 Å². The van der Waals surface area contributed by atoms with Crippen LogP contribution in [0.2, 0.25) is 0 Å². The minimum atomic E-state index is -0.254. The molecule has 117 valence electrons. The third kappa shape index (κ3) is 38.1. The molecule has 0 saturated heterocycles. The first kappa shape index (κ1) is 32.0. The first-order valence-electron chi connectivity index (χ1n) is 5.44. The molecule has 0 N–H and O–H groups in total. The van der Waals surface area contributed by atoms with Crippen LogP contribution >= 0.6 is 0 Å². The molecular weight excluding hydrogens is 320 g/mol. The van der Waals surface area contributed by atoms with E-state index in [-0.39, 0.29) is 23.2 Å². The molecule has 0 amide bonds. The van der Waals surface area contributed by atoms with Gasteiger partial charge in [-0.05, 0) is 19.3 Å². The Balaban J connectivity index is -0.000000107. The third-order valence-electron chi connectivity index (χ3n) is 1.81. The van der Waals surface area contributed by atoms with E-state index >= 15 is 0 Å². The molecule has 0 bridgehead atoms. The van der Waals surface area contributed by atoms with Crippen molar-refractivity contribution in [2.24, 2.45) is 0 Å². The van der Waals surface area contributed by atoms with E-state index in [0.717, 1.165) is 25.7 Å². The normalized spacial score (nSPS) is 8.33. The molecule has 0 spiro atoms. The quantitative estimate of drug-likeness (QED) is 0.199. The summed E-state index contributed by atoms with van der Waals surface area (Å²) < 4.78 is 27.2. The maximum Gasteiger partial charge on any atom is 0 e. The predicted octanol–water partition coefficient (Wildman–Crippen LogP) is 1.72. The van der Waals surface area contributed by atoms with Crippen molar-refractivity contribution in [3.63, 3.8) is 0 Å². The van der Waals surface area contributed by atoms with E-state index in [4.69, 9.17) is 18.7 Å². The molecule has 0 aliphatic rings. The van der Waals surface area contributed by atoms with Crippen LogP contribution in [0.5, 0.6) is 0 Å². The molecule has 1 atom stereocenters. The van der Waals surface area contributed by atoms with Crippen LogP contribution in [0.25, 0.3) is 0 Å². The van der Waals surface area contributed by atoms with Gasteiger partial charge in [0.05, 0.1) is 6.10 Å². The average Bonchev–Trinajstić information content (AvgIpc) is 2.54. The predicted molar refractivity (Wildman–Crippen MR) is 65.5 cm³/mol. The minimum absolute atomic E-state index is 0. The Morgan fingerprint density at radius 3 is 2.00 bits per heavy atom. The van der Waals surface area contributed by atoms with Crippen LogP contribution in [0.3, 0.4) is 0 Å². The molecule has 0 aromatic carbocycles. The zero-order chi connectivity index (χ0) is 16.6. The van der Waals surface area contributed by atoms with Crippen LogP contribution in [-0.2, 0) is 45.4 Å². The van der Waals surface area contributed by atoms with Crippen molar-refractivity contribution >= 4 is 12.8 Å². The van der Waals surface area contributed by atoms with Gasteiger partial charge in [0.25, 0.3) is 0 Å². The number of carbonyl (C=O) groups excluding carboxylic acids is 2. The molecule has 0 aliphatic heterocycles. The van der Waals surface area contributed by atoms with Gasteiger partial charge in [0.2, 0.25) is 0 Å². The van der Waals surface area contributed by atoms with Crippen molar-refractivity contribution in [2.75, 3.05) is 0 Å². The van der Waals surface area contributed by atoms with E-state index in [2.05, 4.69) is 26.9 Å². The monoisotopic (exact) mass is 336 g/mol. The Morgan fingerprint density at radius 2 is 1.62 bits per heavy atom. The fourth-order valence-electron chi connectivity index (χ4n) is 1.09. The molecule has 0 aromatic rings. The fraction of sp³-hybridized carbons (Fsp3) is 0.429. The van der Waals surface area contributed by atoms with Gasteiger partial charge in [-0.25, -0.2) is 0 Å². The molecule has 0 unspecified atom stereocenters. The topological polar surface area (TPSA) is 103 Å². The number of carbonyl (C=O) groups is 1. The molecule has 6 nitrogen and oxygen atoms in total. The standard InChI is InChI=1S/C11H16O3.3CO.Fe/c1-2-3-4-7-11(14-10-13)8-5-6-9-12;3*1-2;/h5-6,8-9,11H,2-4,7H2,1H3;;;;/q-1;;;;/t11-;;;;/m1..../s1. The van der Waals surface area contributed by atoms with Crippen molar-refractivity contribution in [3.8, 4) is 0 Å². The van der Waals surface area contributed by atoms with Crippen molar-refractivity contribution in [2.45, 2.75) is 38.7 Å². The number of hydrogen-bond acceptors (Lipinski definition) is 3. The smallest absolute Gasteiger partial charge is 0 e. The maximum absolute atomic E-state index is 10.0. The summed E-state index contributed by atoms with van der Waals surface area (Å²) in [6, 6.07) is 0. The van der Waals surface area contributed by atoms with E-state index < -0.39 is 0 Å². The molecule has 0 saturated carbocycles. The number of hydrogen-bond donors (Lipinski definition) is 0. The Hall–Kier alpha value is -1.12. The Morgan fingerprint density at radius 1 is 1.10 bits per heavy atom. The van der Waals surface area contributed by atoms with Gasteiger partial charge in [-0.2, -0.15) is 0 Å². The van der Waals surface area contributed by atoms with E-state index in [1.165, 1.54) is 12.9 Å². The van der Waals surface area contributed by atoms with Gasteiger partial charge in [0, 0.05) is 29.9 Å². The number of ether oxygens (including phenoxy) is 1. The fourth-order valence-corrected chi connectivity index (χ4v) is 1.09. The van der Waals surface area contributed by atoms with Crippen LogP contribution in [0.1, 0.15) is 32.6 Å². The van der Waals surface area contributed by atoms with Gasteiger partial charge in [0.1, 0.15) is 6.29 Å². The largest absolute Gasteiger partial charge is 0 e. The van der Waals surface area contributed by atoms with Gasteiger partial charge in [-0.15, -0.1) is 0 Å². The minimum Gasteiger partial charge on any atom is 0 e. The average molecular weight is 336 g/mol. The Kier molecular flexibility index (Phi) is 65.2. The zero-order valence-corrected chi connectivity index (χ0v) is 12.6. The maximum atomic E-state index is 10.0. The summed E-state index contributed by atoms with van der Waals surface area (Å²) in [5.74, 6) is 0. The summed E-state index contributed by atoms with van der Waals surface area (Å²) in [6.45, 7) is 17.0. The first-order valence-corrected chi connectivity index (χ1v) is 5.44. The molecule has 0 aliphatic carbocycles. The first-order chi connectivity index (χ1) is 9.85. The second-order valence-electron chi connectivity index (χ2n) is 2.95. The summed E-state index contributed by atoms with van der Waals surface area (Å²) in [6.07, 6.45) is 9.10. The van der Waals surface area contributed by atoms with Crippen LogP contribution in [0, 0.1) is 39.2 Å². The van der Waals surface area contributed by atoms with Crippen LogP contribution < -0.4 is 0 Å². The van der Waals surface area contributed by atoms with Crippen LogP contribution in [0.4, 0.5) is 0 Å². The third-order valence-corrected chi connectivity index (χ3v) is 1.81. The molecule has 0 heterocycles. The van der Waals surface area contributed by atoms with Gasteiger partial charge in [0.15, 0.2) is 0 Å². The van der Waals surface area contributed by atoms with Crippen LogP contribution in [-0.4, -0.2) is 18.9 Å². The molecular formula is C14H16FeO6-. The molecule has 0 aromatic heterocycles. The van der Waals surface area contributed by atoms with Crippen molar-refractivity contribution < 1.29 is 45.4 Å². The molecule has 21 heavy (non-hydrogen) atoms. The van der Waals surface area contributed by atoms with E-state index in [1.807, 2.05) is 0 Å². The van der Waals surface area contributed by atoms with Gasteiger partial charge >= 0.3 is 33.9 Å². The second kappa shape index (κ2) is 42.8. The number of unbranched alkanes of at least 4 members (excludes halogenated alkanes) is 3. The van der Waals surface area contributed by atoms with Crippen molar-refractivity contribution in [1.29, 1.82) is 0 Å². The Bertz CT molecular complexity index is 235. The molecule has 0 rings (SSSR count). The summed E-state index contributed by atoms with van der Waals surface area (Å²) in [7, 11) is 0. The second-order valence-corrected chi connectivity index (χ2v) is 2.95.